The van der Waals surface area contributed by atoms with Gasteiger partial charge in [-0.1, -0.05) is 12.1 Å². The second-order valence-corrected chi connectivity index (χ2v) is 7.28. The molecule has 2 N–H and O–H groups in total. The number of methoxy groups -OCH3 is 1. The van der Waals surface area contributed by atoms with Gasteiger partial charge in [0.1, 0.15) is 0 Å². The number of esters is 2. The minimum atomic E-state index is -0.574. The van der Waals surface area contributed by atoms with Gasteiger partial charge in [-0.3, -0.25) is 9.59 Å². The number of halogens is 1. The molecule has 0 unspecified atom stereocenters. The van der Waals surface area contributed by atoms with Gasteiger partial charge in [0.15, 0.2) is 0 Å². The number of benzene rings is 2. The van der Waals surface area contributed by atoms with Crippen LogP contribution in [0.3, 0.4) is 0 Å². The van der Waals surface area contributed by atoms with Crippen molar-refractivity contribution in [1.29, 1.82) is 0 Å². The summed E-state index contributed by atoms with van der Waals surface area (Å²) in [5.74, 6) is -1.29. The van der Waals surface area contributed by atoms with E-state index in [-0.39, 0.29) is 23.9 Å². The van der Waals surface area contributed by atoms with Crippen LogP contribution in [0.5, 0.6) is 0 Å². The summed E-state index contributed by atoms with van der Waals surface area (Å²) < 4.78 is 10.7. The molecule has 0 aliphatic heterocycles. The Morgan fingerprint density at radius 3 is 2.52 bits per heavy atom. The van der Waals surface area contributed by atoms with Crippen LogP contribution >= 0.6 is 22.6 Å². The Balaban J connectivity index is 2.40. The number of ether oxygens (including phenoxy) is 2. The third-order valence-electron chi connectivity index (χ3n) is 4.19. The lowest BCUT2D eigenvalue weighted by molar-refractivity contribution is -0.143. The van der Waals surface area contributed by atoms with Gasteiger partial charge >= 0.3 is 11.9 Å². The molecule has 2 aromatic rings. The van der Waals surface area contributed by atoms with Crippen molar-refractivity contribution in [2.75, 3.05) is 31.4 Å². The number of nitrogens with one attached hydrogen (secondary N) is 2. The van der Waals surface area contributed by atoms with E-state index in [1.807, 2.05) is 12.1 Å². The van der Waals surface area contributed by atoms with E-state index in [9.17, 15) is 14.4 Å². The summed E-state index contributed by atoms with van der Waals surface area (Å²) in [6.45, 7) is 2.03. The molecule has 154 valence electrons. The van der Waals surface area contributed by atoms with E-state index >= 15 is 0 Å². The van der Waals surface area contributed by atoms with E-state index in [1.54, 1.807) is 38.2 Å². The van der Waals surface area contributed by atoms with Gasteiger partial charge in [-0.2, -0.15) is 0 Å². The zero-order valence-electron chi connectivity index (χ0n) is 16.5. The van der Waals surface area contributed by atoms with Crippen molar-refractivity contribution in [3.05, 3.63) is 56.7 Å². The van der Waals surface area contributed by atoms with Gasteiger partial charge in [0, 0.05) is 22.7 Å². The Labute approximate surface area is 183 Å². The van der Waals surface area contributed by atoms with Crippen molar-refractivity contribution < 1.29 is 23.9 Å². The van der Waals surface area contributed by atoms with Crippen molar-refractivity contribution >= 4 is 51.8 Å². The molecule has 0 atom stereocenters. The number of amides is 1. The topological polar surface area (TPSA) is 93.7 Å². The molecule has 0 saturated carbocycles. The quantitative estimate of drug-likeness (QED) is 0.414. The van der Waals surface area contributed by atoms with Gasteiger partial charge in [-0.25, -0.2) is 4.79 Å². The fraction of sp³-hybridized carbons (Fsp3) is 0.286. The number of para-hydroxylation sites is 1. The summed E-state index contributed by atoms with van der Waals surface area (Å²) >= 11 is 2.13. The van der Waals surface area contributed by atoms with Gasteiger partial charge in [0.2, 0.25) is 0 Å². The van der Waals surface area contributed by atoms with Crippen molar-refractivity contribution in [2.45, 2.75) is 19.8 Å². The minimum absolute atomic E-state index is 0.131. The predicted octanol–water partition coefficient (Wildman–Crippen LogP) is 3.87. The first kappa shape index (κ1) is 22.7. The average molecular weight is 510 g/mol. The lowest BCUT2D eigenvalue weighted by Gasteiger charge is -2.16. The summed E-state index contributed by atoms with van der Waals surface area (Å²) in [7, 11) is 3.00. The monoisotopic (exact) mass is 510 g/mol. The van der Waals surface area contributed by atoms with Crippen LogP contribution < -0.4 is 10.6 Å². The third-order valence-corrected chi connectivity index (χ3v) is 4.86. The first-order chi connectivity index (χ1) is 13.9. The molecular weight excluding hydrogens is 487 g/mol. The molecular formula is C21H23IN2O5. The summed E-state index contributed by atoms with van der Waals surface area (Å²) in [5, 5.41) is 5.82. The van der Waals surface area contributed by atoms with Crippen LogP contribution in [0.25, 0.3) is 0 Å². The Bertz CT molecular complexity index is 914. The molecule has 8 heteroatoms. The number of aryl methyl sites for hydroxylation is 1. The normalized spacial score (nSPS) is 10.2. The molecule has 0 aromatic heterocycles. The fourth-order valence-corrected chi connectivity index (χ4v) is 3.30. The van der Waals surface area contributed by atoms with Crippen LogP contribution in [0.15, 0.2) is 36.4 Å². The number of carbonyl (C=O) groups excluding carboxylic acids is 3. The molecule has 0 bridgehead atoms. The zero-order valence-corrected chi connectivity index (χ0v) is 18.7. The molecule has 0 heterocycles. The third kappa shape index (κ3) is 5.93. The van der Waals surface area contributed by atoms with Crippen molar-refractivity contribution in [3.63, 3.8) is 0 Å². The molecule has 0 fully saturated rings. The largest absolute Gasteiger partial charge is 0.466 e. The van der Waals surface area contributed by atoms with Gasteiger partial charge in [-0.05, 0) is 65.8 Å². The van der Waals surface area contributed by atoms with Crippen LogP contribution in [0.1, 0.15) is 39.6 Å². The Morgan fingerprint density at radius 2 is 1.86 bits per heavy atom. The van der Waals surface area contributed by atoms with Crippen molar-refractivity contribution in [3.8, 4) is 0 Å². The molecule has 29 heavy (non-hydrogen) atoms. The second-order valence-electron chi connectivity index (χ2n) is 6.03. The summed E-state index contributed by atoms with van der Waals surface area (Å²) in [6.07, 6.45) is 0.441. The lowest BCUT2D eigenvalue weighted by atomic mass is 10.0. The van der Waals surface area contributed by atoms with Gasteiger partial charge < -0.3 is 20.1 Å². The molecule has 0 aliphatic rings. The Hall–Kier alpha value is -2.62. The van der Waals surface area contributed by atoms with E-state index in [2.05, 4.69) is 33.2 Å². The minimum Gasteiger partial charge on any atom is -0.466 e. The highest BCUT2D eigenvalue weighted by Gasteiger charge is 2.20. The Morgan fingerprint density at radius 1 is 1.10 bits per heavy atom. The van der Waals surface area contributed by atoms with E-state index in [4.69, 9.17) is 9.47 Å². The summed E-state index contributed by atoms with van der Waals surface area (Å²) in [5.41, 5.74) is 2.29. The molecule has 7 nitrogen and oxygen atoms in total. The molecule has 1 amide bonds. The molecule has 2 rings (SSSR count). The van der Waals surface area contributed by atoms with Crippen LogP contribution in [-0.2, 0) is 20.7 Å². The Kier molecular flexibility index (Phi) is 8.44. The predicted molar refractivity (Wildman–Crippen MR) is 119 cm³/mol. The second kappa shape index (κ2) is 10.8. The van der Waals surface area contributed by atoms with E-state index in [0.717, 1.165) is 3.57 Å². The van der Waals surface area contributed by atoms with Gasteiger partial charge in [0.05, 0.1) is 30.5 Å². The maximum Gasteiger partial charge on any atom is 0.339 e. The first-order valence-electron chi connectivity index (χ1n) is 9.05. The number of carbonyl (C=O) groups is 3. The SMILES string of the molecule is CCOC(=O)CCc1cccc(C(=O)OC)c1NC(=O)c1cc(I)ccc1NC. The van der Waals surface area contributed by atoms with Crippen LogP contribution in [0.2, 0.25) is 0 Å². The van der Waals surface area contributed by atoms with Gasteiger partial charge in [0.25, 0.3) is 5.91 Å². The number of rotatable bonds is 8. The highest BCUT2D eigenvalue weighted by molar-refractivity contribution is 14.1. The molecule has 0 spiro atoms. The van der Waals surface area contributed by atoms with E-state index < -0.39 is 5.97 Å². The zero-order chi connectivity index (χ0) is 21.4. The first-order valence-corrected chi connectivity index (χ1v) is 10.1. The van der Waals surface area contributed by atoms with E-state index in [0.29, 0.717) is 35.5 Å². The van der Waals surface area contributed by atoms with Crippen LogP contribution in [-0.4, -0.2) is 38.6 Å². The standard InChI is InChI=1S/C21H23IN2O5/c1-4-29-18(25)11-8-13-6-5-7-15(21(27)28-3)19(13)24-20(26)16-12-14(22)9-10-17(16)23-2/h5-7,9-10,12,23H,4,8,11H2,1-3H3,(H,24,26). The lowest BCUT2D eigenvalue weighted by Crippen LogP contribution is -2.19. The highest BCUT2D eigenvalue weighted by Crippen LogP contribution is 2.26. The summed E-state index contributed by atoms with van der Waals surface area (Å²) in [4.78, 5) is 37.0. The number of hydrogen-bond acceptors (Lipinski definition) is 6. The van der Waals surface area contributed by atoms with Crippen LogP contribution in [0.4, 0.5) is 11.4 Å². The van der Waals surface area contributed by atoms with Crippen molar-refractivity contribution in [2.24, 2.45) is 0 Å². The molecule has 2 aromatic carbocycles. The van der Waals surface area contributed by atoms with Gasteiger partial charge in [-0.15, -0.1) is 0 Å². The molecule has 0 saturated heterocycles. The van der Waals surface area contributed by atoms with Crippen molar-refractivity contribution in [1.82, 2.24) is 0 Å². The average Bonchev–Trinajstić information content (AvgIpc) is 2.72. The van der Waals surface area contributed by atoms with E-state index in [1.165, 1.54) is 7.11 Å². The number of anilines is 2. The maximum absolute atomic E-state index is 13.0. The summed E-state index contributed by atoms with van der Waals surface area (Å²) in [6, 6.07) is 10.5. The smallest absolute Gasteiger partial charge is 0.339 e. The molecule has 0 aliphatic carbocycles. The molecule has 0 radical (unpaired) electrons. The fourth-order valence-electron chi connectivity index (χ4n) is 2.81. The van der Waals surface area contributed by atoms with Crippen LogP contribution in [0, 0.1) is 3.57 Å². The highest BCUT2D eigenvalue weighted by atomic mass is 127. The maximum atomic E-state index is 13.0. The number of hydrogen-bond donors (Lipinski definition) is 2.